The predicted octanol–water partition coefficient (Wildman–Crippen LogP) is 3.02. The summed E-state index contributed by atoms with van der Waals surface area (Å²) in [5.74, 6) is -0.486. The molecule has 0 saturated carbocycles. The van der Waals surface area contributed by atoms with Gasteiger partial charge in [0.25, 0.3) is 5.91 Å². The highest BCUT2D eigenvalue weighted by molar-refractivity contribution is 6.03. The second-order valence-corrected chi connectivity index (χ2v) is 5.96. The highest BCUT2D eigenvalue weighted by Crippen LogP contribution is 2.38. The lowest BCUT2D eigenvalue weighted by Gasteiger charge is -2.14. The summed E-state index contributed by atoms with van der Waals surface area (Å²) in [6.45, 7) is 6.26. The van der Waals surface area contributed by atoms with Crippen LogP contribution in [0.1, 0.15) is 34.1 Å². The number of nitrogens with two attached hydrogens (primary N) is 1. The number of hydrogen-bond donors (Lipinski definition) is 2. The summed E-state index contributed by atoms with van der Waals surface area (Å²) < 4.78 is 1.82. The summed E-state index contributed by atoms with van der Waals surface area (Å²) in [6, 6.07) is 7.23. The Balaban J connectivity index is 2.54. The normalized spacial score (nSPS) is 10.8. The van der Waals surface area contributed by atoms with Crippen molar-refractivity contribution in [2.45, 2.75) is 27.3 Å². The maximum absolute atomic E-state index is 11.8. The minimum absolute atomic E-state index is 0.127. The fourth-order valence-corrected chi connectivity index (χ4v) is 3.19. The SMILES string of the molecule is CCn1cc(C#N)c2c(-c3c(C)ccc(O)c3C)cc(C(N)=O)nc21. The van der Waals surface area contributed by atoms with Crippen molar-refractivity contribution in [2.75, 3.05) is 0 Å². The number of amides is 1. The van der Waals surface area contributed by atoms with E-state index >= 15 is 0 Å². The zero-order chi connectivity index (χ0) is 18.3. The van der Waals surface area contributed by atoms with E-state index in [0.717, 1.165) is 11.1 Å². The topological polar surface area (TPSA) is 105 Å². The van der Waals surface area contributed by atoms with Gasteiger partial charge in [0.2, 0.25) is 0 Å². The quantitative estimate of drug-likeness (QED) is 0.768. The highest BCUT2D eigenvalue weighted by atomic mass is 16.3. The number of pyridine rings is 1. The van der Waals surface area contributed by atoms with Gasteiger partial charge in [0, 0.05) is 18.1 Å². The van der Waals surface area contributed by atoms with Crippen molar-refractivity contribution in [1.29, 1.82) is 5.26 Å². The van der Waals surface area contributed by atoms with Gasteiger partial charge >= 0.3 is 0 Å². The summed E-state index contributed by atoms with van der Waals surface area (Å²) in [6.07, 6.45) is 1.72. The first-order valence-corrected chi connectivity index (χ1v) is 7.92. The van der Waals surface area contributed by atoms with Crippen LogP contribution in [0.25, 0.3) is 22.2 Å². The molecule has 0 aliphatic carbocycles. The Labute approximate surface area is 145 Å². The monoisotopic (exact) mass is 334 g/mol. The molecule has 1 aromatic carbocycles. The minimum atomic E-state index is -0.638. The number of rotatable bonds is 3. The Kier molecular flexibility index (Phi) is 3.93. The molecule has 0 unspecified atom stereocenters. The van der Waals surface area contributed by atoms with Gasteiger partial charge in [-0.2, -0.15) is 5.26 Å². The van der Waals surface area contributed by atoms with Crippen LogP contribution in [0.5, 0.6) is 5.75 Å². The third-order valence-electron chi connectivity index (χ3n) is 4.45. The molecule has 25 heavy (non-hydrogen) atoms. The molecule has 2 heterocycles. The highest BCUT2D eigenvalue weighted by Gasteiger charge is 2.21. The summed E-state index contributed by atoms with van der Waals surface area (Å²) in [5.41, 5.74) is 9.65. The van der Waals surface area contributed by atoms with Crippen LogP contribution in [0.4, 0.5) is 0 Å². The van der Waals surface area contributed by atoms with E-state index in [2.05, 4.69) is 11.1 Å². The molecular formula is C19H18N4O2. The Morgan fingerprint density at radius 2 is 2.12 bits per heavy atom. The molecule has 2 aromatic heterocycles. The Bertz CT molecular complexity index is 1060. The molecule has 3 aromatic rings. The Morgan fingerprint density at radius 1 is 1.40 bits per heavy atom. The Morgan fingerprint density at radius 3 is 2.72 bits per heavy atom. The number of aryl methyl sites for hydroxylation is 2. The number of nitriles is 1. The van der Waals surface area contributed by atoms with Gasteiger partial charge in [0.1, 0.15) is 23.2 Å². The lowest BCUT2D eigenvalue weighted by atomic mass is 9.92. The van der Waals surface area contributed by atoms with Gasteiger partial charge in [-0.25, -0.2) is 4.98 Å². The summed E-state index contributed by atoms with van der Waals surface area (Å²) in [7, 11) is 0. The number of carbonyl (C=O) groups excluding carboxylic acids is 1. The summed E-state index contributed by atoms with van der Waals surface area (Å²) >= 11 is 0. The molecule has 0 fully saturated rings. The average molecular weight is 334 g/mol. The number of phenolic OH excluding ortho intramolecular Hbond substituents is 1. The van der Waals surface area contributed by atoms with Gasteiger partial charge < -0.3 is 15.4 Å². The van der Waals surface area contributed by atoms with Crippen LogP contribution in [0, 0.1) is 25.2 Å². The lowest BCUT2D eigenvalue weighted by Crippen LogP contribution is -2.14. The van der Waals surface area contributed by atoms with E-state index in [0.29, 0.717) is 34.3 Å². The molecule has 0 spiro atoms. The first-order valence-electron chi connectivity index (χ1n) is 7.92. The third-order valence-corrected chi connectivity index (χ3v) is 4.45. The van der Waals surface area contributed by atoms with E-state index < -0.39 is 5.91 Å². The van der Waals surface area contributed by atoms with Gasteiger partial charge in [-0.3, -0.25) is 4.79 Å². The van der Waals surface area contributed by atoms with E-state index in [1.165, 1.54) is 0 Å². The first-order chi connectivity index (χ1) is 11.9. The number of primary amides is 1. The Hall–Kier alpha value is -3.33. The molecule has 3 N–H and O–H groups in total. The number of nitrogens with zero attached hydrogens (tertiary/aromatic N) is 3. The van der Waals surface area contributed by atoms with Crippen molar-refractivity contribution in [1.82, 2.24) is 9.55 Å². The molecule has 0 atom stereocenters. The molecule has 126 valence electrons. The van der Waals surface area contributed by atoms with Crippen molar-refractivity contribution in [3.63, 3.8) is 0 Å². The molecule has 0 radical (unpaired) electrons. The van der Waals surface area contributed by atoms with Crippen molar-refractivity contribution >= 4 is 16.9 Å². The van der Waals surface area contributed by atoms with E-state index in [1.807, 2.05) is 18.4 Å². The predicted molar refractivity (Wildman–Crippen MR) is 95.2 cm³/mol. The van der Waals surface area contributed by atoms with Gasteiger partial charge in [0.05, 0.1) is 5.56 Å². The molecule has 0 aliphatic rings. The molecular weight excluding hydrogens is 316 g/mol. The van der Waals surface area contributed by atoms with E-state index in [-0.39, 0.29) is 11.4 Å². The van der Waals surface area contributed by atoms with Crippen molar-refractivity contribution in [2.24, 2.45) is 5.73 Å². The van der Waals surface area contributed by atoms with Crippen LogP contribution >= 0.6 is 0 Å². The van der Waals surface area contributed by atoms with E-state index in [4.69, 9.17) is 5.73 Å². The van der Waals surface area contributed by atoms with Gasteiger partial charge in [-0.1, -0.05) is 6.07 Å². The molecule has 0 bridgehead atoms. The summed E-state index contributed by atoms with van der Waals surface area (Å²) in [5, 5.41) is 20.4. The maximum atomic E-state index is 11.8. The molecule has 0 saturated heterocycles. The van der Waals surface area contributed by atoms with Crippen LogP contribution < -0.4 is 5.73 Å². The zero-order valence-electron chi connectivity index (χ0n) is 14.3. The number of hydrogen-bond acceptors (Lipinski definition) is 4. The molecule has 0 aliphatic heterocycles. The number of benzene rings is 1. The minimum Gasteiger partial charge on any atom is -0.508 e. The number of aromatic nitrogens is 2. The van der Waals surface area contributed by atoms with Gasteiger partial charge in [0.15, 0.2) is 0 Å². The average Bonchev–Trinajstić information content (AvgIpc) is 2.96. The van der Waals surface area contributed by atoms with Crippen LogP contribution in [-0.2, 0) is 6.54 Å². The molecule has 3 rings (SSSR count). The number of fused-ring (bicyclic) bond motifs is 1. The molecule has 6 heteroatoms. The molecule has 1 amide bonds. The largest absolute Gasteiger partial charge is 0.508 e. The standard InChI is InChI=1S/C19H18N4O2/c1-4-23-9-12(8-20)17-13(7-14(18(21)25)22-19(17)23)16-10(2)5-6-15(24)11(16)3/h5-7,9,24H,4H2,1-3H3,(H2,21,25). The van der Waals surface area contributed by atoms with Crippen molar-refractivity contribution < 1.29 is 9.90 Å². The zero-order valence-corrected chi connectivity index (χ0v) is 14.3. The van der Waals surface area contributed by atoms with Crippen LogP contribution in [0.3, 0.4) is 0 Å². The van der Waals surface area contributed by atoms with E-state index in [9.17, 15) is 15.2 Å². The van der Waals surface area contributed by atoms with Crippen LogP contribution in [0.15, 0.2) is 24.4 Å². The third kappa shape index (κ3) is 2.50. The smallest absolute Gasteiger partial charge is 0.267 e. The molecule has 6 nitrogen and oxygen atoms in total. The fraction of sp³-hybridized carbons (Fsp3) is 0.211. The first kappa shape index (κ1) is 16.5. The van der Waals surface area contributed by atoms with Crippen molar-refractivity contribution in [3.05, 3.63) is 46.8 Å². The second kappa shape index (κ2) is 5.95. The maximum Gasteiger partial charge on any atom is 0.267 e. The second-order valence-electron chi connectivity index (χ2n) is 5.96. The van der Waals surface area contributed by atoms with Gasteiger partial charge in [-0.15, -0.1) is 0 Å². The number of carbonyl (C=O) groups is 1. The fourth-order valence-electron chi connectivity index (χ4n) is 3.19. The summed E-state index contributed by atoms with van der Waals surface area (Å²) in [4.78, 5) is 16.1. The van der Waals surface area contributed by atoms with Crippen LogP contribution in [-0.4, -0.2) is 20.6 Å². The lowest BCUT2D eigenvalue weighted by molar-refractivity contribution is 0.0996. The number of phenols is 1. The van der Waals surface area contributed by atoms with E-state index in [1.54, 1.807) is 31.3 Å². The number of aromatic hydroxyl groups is 1. The van der Waals surface area contributed by atoms with Crippen LogP contribution in [0.2, 0.25) is 0 Å². The van der Waals surface area contributed by atoms with Crippen molar-refractivity contribution in [3.8, 4) is 22.9 Å². The van der Waals surface area contributed by atoms with Gasteiger partial charge in [-0.05, 0) is 55.2 Å².